The van der Waals surface area contributed by atoms with Gasteiger partial charge >= 0.3 is 0 Å². The number of nitrogens with one attached hydrogen (secondary N) is 1. The van der Waals surface area contributed by atoms with Crippen LogP contribution in [-0.2, 0) is 10.0 Å². The van der Waals surface area contributed by atoms with Crippen molar-refractivity contribution in [3.8, 4) is 0 Å². The van der Waals surface area contributed by atoms with Gasteiger partial charge in [0.25, 0.3) is 5.69 Å². The second-order valence-electron chi connectivity index (χ2n) is 7.13. The average molecular weight is 354 g/mol. The number of rotatable bonds is 4. The number of sulfonamides is 1. The first-order valence-electron chi connectivity index (χ1n) is 7.61. The lowest BCUT2D eigenvalue weighted by Gasteiger charge is -2.34. The highest BCUT2D eigenvalue weighted by molar-refractivity contribution is 7.89. The van der Waals surface area contributed by atoms with Crippen molar-refractivity contribution in [1.82, 2.24) is 0 Å². The molecule has 0 spiro atoms. The van der Waals surface area contributed by atoms with Crippen molar-refractivity contribution in [1.29, 1.82) is 0 Å². The second kappa shape index (κ2) is 6.48. The van der Waals surface area contributed by atoms with Gasteiger partial charge in [-0.15, -0.1) is 0 Å². The Bertz CT molecular complexity index is 787. The number of nitro groups is 1. The minimum atomic E-state index is -4.00. The monoisotopic (exact) mass is 354 g/mol. The predicted molar refractivity (Wildman–Crippen MR) is 92.3 cm³/mol. The quantitative estimate of drug-likeness (QED) is 0.634. The summed E-state index contributed by atoms with van der Waals surface area (Å²) in [4.78, 5) is 10.2. The van der Waals surface area contributed by atoms with Gasteiger partial charge in [0, 0.05) is 11.8 Å². The Kier molecular flexibility index (Phi) is 4.95. The Labute approximate surface area is 141 Å². The first kappa shape index (κ1) is 18.3. The molecule has 1 aliphatic carbocycles. The normalized spacial score (nSPS) is 22.3. The van der Waals surface area contributed by atoms with Crippen molar-refractivity contribution >= 4 is 27.1 Å². The van der Waals surface area contributed by atoms with Crippen LogP contribution in [-0.4, -0.2) is 19.1 Å². The molecule has 1 aromatic rings. The number of benzene rings is 1. The summed E-state index contributed by atoms with van der Waals surface area (Å²) < 4.78 is 22.7. The molecule has 24 heavy (non-hydrogen) atoms. The average Bonchev–Trinajstić information content (AvgIpc) is 2.41. The molecule has 0 bridgehead atoms. The van der Waals surface area contributed by atoms with Crippen molar-refractivity contribution in [3.63, 3.8) is 0 Å². The van der Waals surface area contributed by atoms with Gasteiger partial charge < -0.3 is 0 Å². The lowest BCUT2D eigenvalue weighted by Crippen LogP contribution is -2.28. The van der Waals surface area contributed by atoms with Crippen LogP contribution in [0.5, 0.6) is 0 Å². The van der Waals surface area contributed by atoms with E-state index in [0.29, 0.717) is 5.92 Å². The number of hydrogen-bond acceptors (Lipinski definition) is 6. The standard InChI is InChI=1S/C15H22N4O4S/c1-10-6-11(9-15(2,3)8-10)17-18-13-5-4-12(24(16,22)23)7-14(13)19(20)21/h4-5,7,10,18H,6,8-9H2,1-3H3,(H2,16,22,23)/b17-11-/t10-/m0/s1. The number of nitro benzene ring substituents is 1. The first-order chi connectivity index (χ1) is 11.0. The zero-order chi connectivity index (χ0) is 18.1. The third-order valence-corrected chi connectivity index (χ3v) is 4.91. The number of nitrogens with zero attached hydrogens (tertiary/aromatic N) is 2. The Morgan fingerprint density at radius 1 is 1.42 bits per heavy atom. The molecule has 8 nitrogen and oxygen atoms in total. The highest BCUT2D eigenvalue weighted by Gasteiger charge is 2.29. The molecule has 0 amide bonds. The molecular weight excluding hydrogens is 332 g/mol. The second-order valence-corrected chi connectivity index (χ2v) is 8.69. The molecule has 0 heterocycles. The summed E-state index contributed by atoms with van der Waals surface area (Å²) in [5.74, 6) is 0.494. The molecule has 1 aliphatic rings. The van der Waals surface area contributed by atoms with E-state index < -0.39 is 14.9 Å². The maximum Gasteiger partial charge on any atom is 0.295 e. The van der Waals surface area contributed by atoms with Crippen LogP contribution in [0.15, 0.2) is 28.2 Å². The van der Waals surface area contributed by atoms with Gasteiger partial charge in [-0.25, -0.2) is 13.6 Å². The van der Waals surface area contributed by atoms with E-state index in [0.717, 1.165) is 31.0 Å². The molecule has 1 fully saturated rings. The lowest BCUT2D eigenvalue weighted by atomic mass is 9.72. The van der Waals surface area contributed by atoms with Gasteiger partial charge in [-0.1, -0.05) is 20.8 Å². The molecule has 0 aromatic heterocycles. The van der Waals surface area contributed by atoms with Gasteiger partial charge in [0.15, 0.2) is 0 Å². The molecule has 132 valence electrons. The van der Waals surface area contributed by atoms with Crippen LogP contribution >= 0.6 is 0 Å². The fourth-order valence-electron chi connectivity index (χ4n) is 3.27. The molecule has 1 atom stereocenters. The molecule has 0 unspecified atom stereocenters. The Morgan fingerprint density at radius 3 is 2.62 bits per heavy atom. The summed E-state index contributed by atoms with van der Waals surface area (Å²) in [5.41, 5.74) is 3.55. The van der Waals surface area contributed by atoms with E-state index in [1.807, 2.05) is 0 Å². The molecule has 2 rings (SSSR count). The number of nitrogens with two attached hydrogens (primary N) is 1. The van der Waals surface area contributed by atoms with E-state index in [4.69, 9.17) is 5.14 Å². The summed E-state index contributed by atoms with van der Waals surface area (Å²) in [6.07, 6.45) is 2.75. The summed E-state index contributed by atoms with van der Waals surface area (Å²) in [6, 6.07) is 3.46. The third-order valence-electron chi connectivity index (χ3n) is 4.00. The van der Waals surface area contributed by atoms with Gasteiger partial charge in [-0.3, -0.25) is 15.5 Å². The minimum absolute atomic E-state index is 0.135. The maximum absolute atomic E-state index is 11.3. The summed E-state index contributed by atoms with van der Waals surface area (Å²) in [7, 11) is -4.00. The Balaban J connectivity index is 2.29. The van der Waals surface area contributed by atoms with Crippen LogP contribution in [0, 0.1) is 21.4 Å². The van der Waals surface area contributed by atoms with Gasteiger partial charge in [0.05, 0.1) is 9.82 Å². The first-order valence-corrected chi connectivity index (χ1v) is 9.15. The summed E-state index contributed by atoms with van der Waals surface area (Å²) >= 11 is 0. The zero-order valence-corrected chi connectivity index (χ0v) is 14.8. The number of hydrazone groups is 1. The van der Waals surface area contributed by atoms with E-state index in [9.17, 15) is 18.5 Å². The Morgan fingerprint density at radius 2 is 2.08 bits per heavy atom. The van der Waals surface area contributed by atoms with E-state index in [-0.39, 0.29) is 21.7 Å². The van der Waals surface area contributed by atoms with E-state index >= 15 is 0 Å². The van der Waals surface area contributed by atoms with E-state index in [1.165, 1.54) is 12.1 Å². The van der Waals surface area contributed by atoms with Gasteiger partial charge in [0.2, 0.25) is 10.0 Å². The summed E-state index contributed by atoms with van der Waals surface area (Å²) in [5, 5.41) is 20.5. The van der Waals surface area contributed by atoms with Gasteiger partial charge in [0.1, 0.15) is 5.69 Å². The van der Waals surface area contributed by atoms with Gasteiger partial charge in [-0.05, 0) is 42.7 Å². The van der Waals surface area contributed by atoms with Crippen LogP contribution in [0.3, 0.4) is 0 Å². The molecular formula is C15H22N4O4S. The van der Waals surface area contributed by atoms with Crippen molar-refractivity contribution in [2.75, 3.05) is 5.43 Å². The number of anilines is 1. The molecule has 1 aromatic carbocycles. The number of primary sulfonamides is 1. The van der Waals surface area contributed by atoms with Crippen molar-refractivity contribution in [2.45, 2.75) is 44.9 Å². The number of hydrogen-bond donors (Lipinski definition) is 2. The zero-order valence-electron chi connectivity index (χ0n) is 13.9. The third kappa shape index (κ3) is 4.51. The summed E-state index contributed by atoms with van der Waals surface area (Å²) in [6.45, 7) is 6.49. The fraction of sp³-hybridized carbons (Fsp3) is 0.533. The highest BCUT2D eigenvalue weighted by atomic mass is 32.2. The molecule has 3 N–H and O–H groups in total. The topological polar surface area (TPSA) is 128 Å². The molecule has 0 radical (unpaired) electrons. The highest BCUT2D eigenvalue weighted by Crippen LogP contribution is 2.37. The fourth-order valence-corrected chi connectivity index (χ4v) is 3.81. The van der Waals surface area contributed by atoms with Crippen LogP contribution < -0.4 is 10.6 Å². The Hall–Kier alpha value is -2.00. The van der Waals surface area contributed by atoms with Crippen molar-refractivity contribution in [2.24, 2.45) is 21.6 Å². The van der Waals surface area contributed by atoms with Crippen LogP contribution in [0.25, 0.3) is 0 Å². The van der Waals surface area contributed by atoms with Crippen LogP contribution in [0.2, 0.25) is 0 Å². The molecule has 1 saturated carbocycles. The van der Waals surface area contributed by atoms with E-state index in [1.54, 1.807) is 0 Å². The van der Waals surface area contributed by atoms with E-state index in [2.05, 4.69) is 31.3 Å². The minimum Gasteiger partial charge on any atom is -0.272 e. The smallest absolute Gasteiger partial charge is 0.272 e. The molecule has 9 heteroatoms. The molecule has 0 saturated heterocycles. The van der Waals surface area contributed by atoms with Crippen molar-refractivity contribution in [3.05, 3.63) is 28.3 Å². The van der Waals surface area contributed by atoms with Crippen LogP contribution in [0.4, 0.5) is 11.4 Å². The lowest BCUT2D eigenvalue weighted by molar-refractivity contribution is -0.384. The molecule has 0 aliphatic heterocycles. The maximum atomic E-state index is 11.3. The predicted octanol–water partition coefficient (Wildman–Crippen LogP) is 2.86. The van der Waals surface area contributed by atoms with Crippen LogP contribution in [0.1, 0.15) is 40.0 Å². The SMILES string of the molecule is C[C@H]1C/C(=N/Nc2ccc(S(N)(=O)=O)cc2[N+](=O)[O-])CC(C)(C)C1. The van der Waals surface area contributed by atoms with Gasteiger partial charge in [-0.2, -0.15) is 5.10 Å². The largest absolute Gasteiger partial charge is 0.295 e. The van der Waals surface area contributed by atoms with Crippen molar-refractivity contribution < 1.29 is 13.3 Å².